The van der Waals surface area contributed by atoms with E-state index in [0.29, 0.717) is 19.3 Å². The van der Waals surface area contributed by atoms with Gasteiger partial charge in [0.15, 0.2) is 6.10 Å². The molecule has 0 bridgehead atoms. The predicted octanol–water partition coefficient (Wildman–Crippen LogP) is 17.8. The number of hydrogen-bond acceptors (Lipinski definition) is 6. The minimum absolute atomic E-state index is 0.0754. The van der Waals surface area contributed by atoms with E-state index in [9.17, 15) is 14.4 Å². The normalized spacial score (nSPS) is 12.0. The van der Waals surface area contributed by atoms with Crippen LogP contribution in [0.5, 0.6) is 0 Å². The molecule has 0 radical (unpaired) electrons. The first-order valence-corrected chi connectivity index (χ1v) is 27.2. The van der Waals surface area contributed by atoms with Crippen molar-refractivity contribution >= 4 is 17.9 Å². The third kappa shape index (κ3) is 49.0. The number of carbonyl (C=O) groups excluding carboxylic acids is 3. The molecule has 0 aliphatic heterocycles. The van der Waals surface area contributed by atoms with Crippen molar-refractivity contribution in [3.05, 3.63) is 12.2 Å². The first kappa shape index (κ1) is 59.1. The lowest BCUT2D eigenvalue weighted by Crippen LogP contribution is -2.30. The maximum Gasteiger partial charge on any atom is 0.306 e. The summed E-state index contributed by atoms with van der Waals surface area (Å²) in [6.45, 7) is 6.65. The van der Waals surface area contributed by atoms with Crippen LogP contribution >= 0.6 is 0 Å². The molecule has 0 aromatic heterocycles. The zero-order valence-corrected chi connectivity index (χ0v) is 41.2. The van der Waals surface area contributed by atoms with Crippen LogP contribution in [0.3, 0.4) is 0 Å². The minimum atomic E-state index is -0.778. The lowest BCUT2D eigenvalue weighted by molar-refractivity contribution is -0.166. The zero-order valence-electron chi connectivity index (χ0n) is 41.2. The standard InChI is InChI=1S/C55H104O6/c1-4-7-10-13-16-19-22-25-27-30-33-36-39-42-45-48-54(57)60-51-52(50-59-53(56)47-44-41-38-35-32-29-24-21-18-15-12-9-6-3)61-55(58)49-46-43-40-37-34-31-28-26-23-20-17-14-11-8-5-2/h39,42,52H,4-38,40-41,43-51H2,1-3H3/b42-39-. The molecule has 0 fully saturated rings. The molecule has 61 heavy (non-hydrogen) atoms. The Kier molecular flexibility index (Phi) is 49.3. The minimum Gasteiger partial charge on any atom is -0.462 e. The van der Waals surface area contributed by atoms with Crippen molar-refractivity contribution in [2.75, 3.05) is 13.2 Å². The van der Waals surface area contributed by atoms with Gasteiger partial charge in [0.25, 0.3) is 0 Å². The Labute approximate surface area is 380 Å². The highest BCUT2D eigenvalue weighted by molar-refractivity contribution is 5.71. The number of allylic oxidation sites excluding steroid dienone is 2. The lowest BCUT2D eigenvalue weighted by Gasteiger charge is -2.18. The maximum atomic E-state index is 12.8. The molecule has 1 atom stereocenters. The molecule has 1 unspecified atom stereocenters. The molecule has 6 heteroatoms. The van der Waals surface area contributed by atoms with Gasteiger partial charge in [0.2, 0.25) is 0 Å². The van der Waals surface area contributed by atoms with E-state index in [4.69, 9.17) is 14.2 Å². The Balaban J connectivity index is 4.35. The molecule has 0 aliphatic rings. The van der Waals surface area contributed by atoms with Crippen molar-refractivity contribution in [1.29, 1.82) is 0 Å². The summed E-state index contributed by atoms with van der Waals surface area (Å²) in [4.78, 5) is 38.0. The van der Waals surface area contributed by atoms with Gasteiger partial charge in [0.05, 0.1) is 0 Å². The second kappa shape index (κ2) is 50.8. The number of unbranched alkanes of at least 4 members (excludes halogenated alkanes) is 37. The average molecular weight is 861 g/mol. The summed E-state index contributed by atoms with van der Waals surface area (Å²) in [5.41, 5.74) is 0. The van der Waals surface area contributed by atoms with E-state index in [1.165, 1.54) is 212 Å². The van der Waals surface area contributed by atoms with Gasteiger partial charge in [-0.3, -0.25) is 14.4 Å². The van der Waals surface area contributed by atoms with Gasteiger partial charge in [-0.1, -0.05) is 264 Å². The molecule has 0 aromatic carbocycles. The third-order valence-corrected chi connectivity index (χ3v) is 12.3. The van der Waals surface area contributed by atoms with E-state index in [1.807, 2.05) is 0 Å². The topological polar surface area (TPSA) is 78.9 Å². The number of hydrogen-bond donors (Lipinski definition) is 0. The number of ether oxygens (including phenoxy) is 3. The van der Waals surface area contributed by atoms with Gasteiger partial charge < -0.3 is 14.2 Å². The van der Waals surface area contributed by atoms with E-state index in [1.54, 1.807) is 0 Å². The summed E-state index contributed by atoms with van der Waals surface area (Å²) in [7, 11) is 0. The van der Waals surface area contributed by atoms with Gasteiger partial charge in [-0.2, -0.15) is 0 Å². The summed E-state index contributed by atoms with van der Waals surface area (Å²) < 4.78 is 16.8. The van der Waals surface area contributed by atoms with Crippen molar-refractivity contribution < 1.29 is 28.6 Å². The molecule has 0 saturated heterocycles. The van der Waals surface area contributed by atoms with E-state index in [2.05, 4.69) is 32.9 Å². The van der Waals surface area contributed by atoms with Crippen LogP contribution in [0, 0.1) is 0 Å². The van der Waals surface area contributed by atoms with Gasteiger partial charge in [-0.25, -0.2) is 0 Å². The van der Waals surface area contributed by atoms with Crippen LogP contribution in [-0.4, -0.2) is 37.2 Å². The van der Waals surface area contributed by atoms with Gasteiger partial charge in [-0.05, 0) is 32.1 Å². The van der Waals surface area contributed by atoms with Crippen molar-refractivity contribution in [1.82, 2.24) is 0 Å². The molecule has 0 N–H and O–H groups in total. The van der Waals surface area contributed by atoms with E-state index in [-0.39, 0.29) is 37.5 Å². The van der Waals surface area contributed by atoms with Crippen molar-refractivity contribution in [2.24, 2.45) is 0 Å². The lowest BCUT2D eigenvalue weighted by atomic mass is 10.0. The van der Waals surface area contributed by atoms with Crippen LogP contribution in [-0.2, 0) is 28.6 Å². The van der Waals surface area contributed by atoms with Gasteiger partial charge in [0, 0.05) is 19.3 Å². The quantitative estimate of drug-likeness (QED) is 0.0262. The third-order valence-electron chi connectivity index (χ3n) is 12.3. The molecule has 0 spiro atoms. The molecule has 0 aliphatic carbocycles. The van der Waals surface area contributed by atoms with Crippen LogP contribution in [0.2, 0.25) is 0 Å². The summed E-state index contributed by atoms with van der Waals surface area (Å²) >= 11 is 0. The fraction of sp³-hybridized carbons (Fsp3) is 0.909. The Morgan fingerprint density at radius 2 is 0.574 bits per heavy atom. The molecule has 0 aromatic rings. The smallest absolute Gasteiger partial charge is 0.306 e. The molecule has 6 nitrogen and oxygen atoms in total. The number of esters is 3. The molecule has 0 amide bonds. The van der Waals surface area contributed by atoms with Crippen LogP contribution in [0.25, 0.3) is 0 Å². The second-order valence-electron chi connectivity index (χ2n) is 18.5. The van der Waals surface area contributed by atoms with Crippen LogP contribution in [0.4, 0.5) is 0 Å². The highest BCUT2D eigenvalue weighted by atomic mass is 16.6. The van der Waals surface area contributed by atoms with Crippen LogP contribution in [0.1, 0.15) is 303 Å². The molecular weight excluding hydrogens is 757 g/mol. The van der Waals surface area contributed by atoms with Gasteiger partial charge in [0.1, 0.15) is 13.2 Å². The fourth-order valence-corrected chi connectivity index (χ4v) is 8.17. The largest absolute Gasteiger partial charge is 0.462 e. The molecule has 0 heterocycles. The van der Waals surface area contributed by atoms with Gasteiger partial charge in [-0.15, -0.1) is 0 Å². The van der Waals surface area contributed by atoms with Crippen molar-refractivity contribution in [3.63, 3.8) is 0 Å². The SMILES string of the molecule is CCCCCCCCCCCCC/C=C\CCC(=O)OCC(COC(=O)CCCCCCCCCCCCCCC)OC(=O)CCCCCCCCCCCCCCCCC. The Morgan fingerprint density at radius 1 is 0.311 bits per heavy atom. The van der Waals surface area contributed by atoms with Crippen LogP contribution < -0.4 is 0 Å². The highest BCUT2D eigenvalue weighted by Crippen LogP contribution is 2.17. The van der Waals surface area contributed by atoms with Crippen molar-refractivity contribution in [3.8, 4) is 0 Å². The molecule has 360 valence electrons. The van der Waals surface area contributed by atoms with E-state index in [0.717, 1.165) is 44.9 Å². The highest BCUT2D eigenvalue weighted by Gasteiger charge is 2.19. The molecule has 0 rings (SSSR count). The Morgan fingerprint density at radius 3 is 0.918 bits per heavy atom. The monoisotopic (exact) mass is 861 g/mol. The summed E-state index contributed by atoms with van der Waals surface area (Å²) in [5, 5.41) is 0. The van der Waals surface area contributed by atoms with E-state index < -0.39 is 6.10 Å². The average Bonchev–Trinajstić information content (AvgIpc) is 3.26. The Bertz CT molecular complexity index is 947. The first-order valence-electron chi connectivity index (χ1n) is 27.2. The number of rotatable bonds is 50. The first-order chi connectivity index (χ1) is 30.0. The van der Waals surface area contributed by atoms with Gasteiger partial charge >= 0.3 is 17.9 Å². The Hall–Kier alpha value is -1.85. The maximum absolute atomic E-state index is 12.8. The molecule has 0 saturated carbocycles. The second-order valence-corrected chi connectivity index (χ2v) is 18.5. The summed E-state index contributed by atoms with van der Waals surface area (Å²) in [5.74, 6) is -0.907. The molecular formula is C55H104O6. The fourth-order valence-electron chi connectivity index (χ4n) is 8.17. The van der Waals surface area contributed by atoms with E-state index >= 15 is 0 Å². The van der Waals surface area contributed by atoms with Crippen LogP contribution in [0.15, 0.2) is 12.2 Å². The number of carbonyl (C=O) groups is 3. The summed E-state index contributed by atoms with van der Waals surface area (Å²) in [6.07, 6.45) is 56.3. The summed E-state index contributed by atoms with van der Waals surface area (Å²) in [6, 6.07) is 0. The zero-order chi connectivity index (χ0) is 44.4. The van der Waals surface area contributed by atoms with Crippen molar-refractivity contribution in [2.45, 2.75) is 309 Å². The predicted molar refractivity (Wildman–Crippen MR) is 261 cm³/mol.